The molecule has 310 valence electrons. The van der Waals surface area contributed by atoms with E-state index in [1.807, 2.05) is 97.1 Å². The molecule has 2 aromatic heterocycles. The van der Waals surface area contributed by atoms with Crippen LogP contribution in [-0.4, -0.2) is 19.9 Å². The van der Waals surface area contributed by atoms with E-state index in [-0.39, 0.29) is 33.3 Å². The summed E-state index contributed by atoms with van der Waals surface area (Å²) in [5, 5.41) is 0. The van der Waals surface area contributed by atoms with E-state index in [2.05, 4.69) is 103 Å². The van der Waals surface area contributed by atoms with Crippen molar-refractivity contribution >= 4 is 0 Å². The molecule has 0 aliphatic carbocycles. The molecule has 0 unspecified atom stereocenters. The van der Waals surface area contributed by atoms with Crippen LogP contribution in [0.15, 0.2) is 97.1 Å². The van der Waals surface area contributed by atoms with Crippen LogP contribution in [0.5, 0.6) is 0 Å². The highest BCUT2D eigenvalue weighted by atomic mass is 19.2. The maximum atomic E-state index is 16.6. The molecule has 0 radical (unpaired) electrons. The fourth-order valence-corrected chi connectivity index (χ4v) is 7.40. The van der Waals surface area contributed by atoms with Crippen molar-refractivity contribution in [2.45, 2.75) is 105 Å². The summed E-state index contributed by atoms with van der Waals surface area (Å²) in [5.74, 6) is -7.07. The number of nitrogens with one attached hydrogen (secondary N) is 2. The Kier molecular flexibility index (Phi) is 10.6. The molecule has 0 fully saturated rings. The van der Waals surface area contributed by atoms with E-state index in [0.717, 1.165) is 22.3 Å². The van der Waals surface area contributed by atoms with Crippen LogP contribution < -0.4 is 0 Å². The summed E-state index contributed by atoms with van der Waals surface area (Å²) < 4.78 is 66.3. The normalized spacial score (nSPS) is 12.7. The zero-order valence-electron chi connectivity index (χ0n) is 36.6. The molecule has 0 aliphatic rings. The third-order valence-corrected chi connectivity index (χ3v) is 11.3. The second-order valence-corrected chi connectivity index (χ2v) is 19.9. The van der Waals surface area contributed by atoms with Crippen molar-refractivity contribution in [1.29, 1.82) is 0 Å². The number of hydrogen-bond acceptors (Lipinski definition) is 2. The number of aromatic amines is 2. The van der Waals surface area contributed by atoms with Gasteiger partial charge in [0.05, 0.1) is 33.9 Å². The summed E-state index contributed by atoms with van der Waals surface area (Å²) >= 11 is 0. The first kappa shape index (κ1) is 42.4. The number of rotatable bonds is 6. The molecule has 0 aliphatic heterocycles. The Bertz CT molecular complexity index is 2310. The molecule has 60 heavy (non-hydrogen) atoms. The molecule has 7 aromatic rings. The fourth-order valence-electron chi connectivity index (χ4n) is 7.40. The number of H-pyrrole nitrogens is 2. The molecule has 2 N–H and O–H groups in total. The topological polar surface area (TPSA) is 57.4 Å². The van der Waals surface area contributed by atoms with Crippen LogP contribution in [0, 0.1) is 23.3 Å². The first-order chi connectivity index (χ1) is 27.9. The van der Waals surface area contributed by atoms with Crippen LogP contribution in [0.2, 0.25) is 0 Å². The Balaban J connectivity index is 1.38. The maximum absolute atomic E-state index is 16.6. The van der Waals surface area contributed by atoms with Gasteiger partial charge in [0.25, 0.3) is 0 Å². The summed E-state index contributed by atoms with van der Waals surface area (Å²) in [5.41, 5.74) is 6.38. The standard InChI is InChI=1S/C52H54F4N4/c1-49(2,3)33-21-13-29(14-22-33)43-44(30-15-23-34(24-16-30)50(4,5)6)58-47(57-43)37-39(53)41(55)38(42(56)40(37)54)48-59-45(31-17-25-35(26-18-31)51(7,8)9)46(60-48)32-19-27-36(28-20-32)52(10,11)12/h13-28H,1-12H3,(H,57,58)(H,59,60). The lowest BCUT2D eigenvalue weighted by Gasteiger charge is -2.19. The first-order valence-electron chi connectivity index (χ1n) is 20.4. The Hall–Kier alpha value is -5.76. The number of benzene rings is 5. The molecule has 4 nitrogen and oxygen atoms in total. The van der Waals surface area contributed by atoms with E-state index in [1.165, 1.54) is 0 Å². The van der Waals surface area contributed by atoms with Crippen molar-refractivity contribution in [2.24, 2.45) is 0 Å². The molecule has 2 heterocycles. The van der Waals surface area contributed by atoms with Crippen LogP contribution in [-0.2, 0) is 21.7 Å². The van der Waals surface area contributed by atoms with Crippen molar-refractivity contribution in [1.82, 2.24) is 19.9 Å². The average molecular weight is 811 g/mol. The highest BCUT2D eigenvalue weighted by molar-refractivity contribution is 5.84. The van der Waals surface area contributed by atoms with Gasteiger partial charge in [-0.3, -0.25) is 0 Å². The average Bonchev–Trinajstić information content (AvgIpc) is 3.82. The zero-order valence-corrected chi connectivity index (χ0v) is 36.6. The summed E-state index contributed by atoms with van der Waals surface area (Å²) in [6.45, 7) is 25.3. The van der Waals surface area contributed by atoms with E-state index in [4.69, 9.17) is 0 Å². The van der Waals surface area contributed by atoms with Crippen LogP contribution in [0.4, 0.5) is 17.6 Å². The maximum Gasteiger partial charge on any atom is 0.173 e. The van der Waals surface area contributed by atoms with Gasteiger partial charge in [0.2, 0.25) is 0 Å². The second kappa shape index (κ2) is 15.1. The van der Waals surface area contributed by atoms with Gasteiger partial charge in [-0.2, -0.15) is 0 Å². The molecule has 0 saturated heterocycles. The number of hydrogen-bond donors (Lipinski definition) is 2. The van der Waals surface area contributed by atoms with E-state index in [0.29, 0.717) is 45.0 Å². The van der Waals surface area contributed by atoms with Gasteiger partial charge in [-0.05, 0) is 43.9 Å². The monoisotopic (exact) mass is 810 g/mol. The largest absolute Gasteiger partial charge is 0.337 e. The summed E-state index contributed by atoms with van der Waals surface area (Å²) in [4.78, 5) is 15.4. The van der Waals surface area contributed by atoms with Gasteiger partial charge in [0, 0.05) is 22.3 Å². The van der Waals surface area contributed by atoms with E-state index in [1.54, 1.807) is 0 Å². The third-order valence-electron chi connectivity index (χ3n) is 11.3. The van der Waals surface area contributed by atoms with Crippen LogP contribution in [0.25, 0.3) is 67.8 Å². The van der Waals surface area contributed by atoms with Gasteiger partial charge in [-0.25, -0.2) is 27.5 Å². The molecular weight excluding hydrogens is 757 g/mol. The zero-order chi connectivity index (χ0) is 43.7. The number of imidazole rings is 2. The number of aromatic nitrogens is 4. The lowest BCUT2D eigenvalue weighted by molar-refractivity contribution is 0.461. The van der Waals surface area contributed by atoms with Crippen molar-refractivity contribution in [3.8, 4) is 67.8 Å². The minimum atomic E-state index is -1.59. The smallest absolute Gasteiger partial charge is 0.173 e. The first-order valence-corrected chi connectivity index (χ1v) is 20.4. The van der Waals surface area contributed by atoms with Crippen molar-refractivity contribution in [3.05, 3.63) is 143 Å². The van der Waals surface area contributed by atoms with E-state index >= 15 is 17.6 Å². The van der Waals surface area contributed by atoms with Crippen molar-refractivity contribution < 1.29 is 17.6 Å². The predicted octanol–water partition coefficient (Wildman–Crippen LogP) is 14.9. The molecule has 0 spiro atoms. The van der Waals surface area contributed by atoms with E-state index < -0.39 is 34.4 Å². The predicted molar refractivity (Wildman–Crippen MR) is 238 cm³/mol. The quantitative estimate of drug-likeness (QED) is 0.130. The third kappa shape index (κ3) is 8.09. The Morgan fingerprint density at radius 3 is 0.767 bits per heavy atom. The SMILES string of the molecule is CC(C)(C)c1ccc(-c2nc(-c3c(F)c(F)c(-c4nc(-c5ccc(C(C)(C)C)cc5)c(-c5ccc(C(C)(C)C)cc5)[nH]4)c(F)c3F)[nH]c2-c2ccc(C(C)(C)C)cc2)cc1. The lowest BCUT2D eigenvalue weighted by Crippen LogP contribution is -2.10. The Labute approximate surface area is 351 Å². The number of nitrogens with zero attached hydrogens (tertiary/aromatic N) is 2. The minimum absolute atomic E-state index is 0.115. The van der Waals surface area contributed by atoms with Gasteiger partial charge in [0.1, 0.15) is 11.6 Å². The Morgan fingerprint density at radius 2 is 0.550 bits per heavy atom. The molecular formula is C52H54F4N4. The van der Waals surface area contributed by atoms with Gasteiger partial charge < -0.3 is 9.97 Å². The van der Waals surface area contributed by atoms with Gasteiger partial charge in [-0.1, -0.05) is 180 Å². The van der Waals surface area contributed by atoms with Gasteiger partial charge in [-0.15, -0.1) is 0 Å². The van der Waals surface area contributed by atoms with Gasteiger partial charge >= 0.3 is 0 Å². The van der Waals surface area contributed by atoms with Gasteiger partial charge in [0.15, 0.2) is 23.3 Å². The van der Waals surface area contributed by atoms with E-state index in [9.17, 15) is 0 Å². The highest BCUT2D eigenvalue weighted by Crippen LogP contribution is 2.42. The second-order valence-electron chi connectivity index (χ2n) is 19.9. The number of halogens is 4. The molecule has 0 amide bonds. The van der Waals surface area contributed by atoms with Crippen molar-refractivity contribution in [3.63, 3.8) is 0 Å². The molecule has 0 atom stereocenters. The van der Waals surface area contributed by atoms with Crippen LogP contribution in [0.3, 0.4) is 0 Å². The summed E-state index contributed by atoms with van der Waals surface area (Å²) in [6.07, 6.45) is 0. The lowest BCUT2D eigenvalue weighted by atomic mass is 9.86. The van der Waals surface area contributed by atoms with Crippen molar-refractivity contribution in [2.75, 3.05) is 0 Å². The van der Waals surface area contributed by atoms with Crippen LogP contribution >= 0.6 is 0 Å². The Morgan fingerprint density at radius 1 is 0.333 bits per heavy atom. The molecule has 5 aromatic carbocycles. The minimum Gasteiger partial charge on any atom is -0.337 e. The fraction of sp³-hybridized carbons (Fsp3) is 0.308. The molecule has 8 heteroatoms. The molecule has 7 rings (SSSR count). The van der Waals surface area contributed by atoms with Crippen LogP contribution in [0.1, 0.15) is 105 Å². The molecule has 0 bridgehead atoms. The summed E-state index contributed by atoms with van der Waals surface area (Å²) in [7, 11) is 0. The molecule has 0 saturated carbocycles. The highest BCUT2D eigenvalue weighted by Gasteiger charge is 2.32. The summed E-state index contributed by atoms with van der Waals surface area (Å²) in [6, 6.07) is 31.1.